The van der Waals surface area contributed by atoms with Crippen LogP contribution in [0.1, 0.15) is 44.4 Å². The van der Waals surface area contributed by atoms with Gasteiger partial charge >= 0.3 is 0 Å². The Labute approximate surface area is 199 Å². The molecular weight excluding hydrogens is 451 g/mol. The fourth-order valence-corrected chi connectivity index (χ4v) is 4.21. The van der Waals surface area contributed by atoms with Crippen molar-refractivity contribution in [1.29, 1.82) is 0 Å². The maximum Gasteiger partial charge on any atom is 0.242 e. The predicted octanol–water partition coefficient (Wildman–Crippen LogP) is 5.87. The third kappa shape index (κ3) is 8.40. The number of aryl methyl sites for hydroxylation is 1. The van der Waals surface area contributed by atoms with Crippen LogP contribution in [0.5, 0.6) is 0 Å². The number of hydrogen-bond donors (Lipinski definition) is 1. The monoisotopic (exact) mass is 480 g/mol. The maximum absolute atomic E-state index is 13.1. The van der Waals surface area contributed by atoms with Crippen LogP contribution in [0.3, 0.4) is 0 Å². The maximum atomic E-state index is 13.1. The molecule has 2 aromatic rings. The van der Waals surface area contributed by atoms with Crippen LogP contribution in [-0.4, -0.2) is 34.0 Å². The molecule has 0 radical (unpaired) electrons. The Balaban J connectivity index is 2.13. The van der Waals surface area contributed by atoms with Gasteiger partial charge < -0.3 is 10.2 Å². The van der Waals surface area contributed by atoms with Crippen LogP contribution in [-0.2, 0) is 21.9 Å². The Morgan fingerprint density at radius 3 is 2.39 bits per heavy atom. The predicted molar refractivity (Wildman–Crippen MR) is 132 cm³/mol. The Bertz CT molecular complexity index is 928. The zero-order valence-corrected chi connectivity index (χ0v) is 21.0. The minimum absolute atomic E-state index is 0.0970. The van der Waals surface area contributed by atoms with Crippen molar-refractivity contribution in [3.63, 3.8) is 0 Å². The second-order valence-electron chi connectivity index (χ2n) is 8.67. The molecule has 0 saturated heterocycles. The second kappa shape index (κ2) is 11.3. The van der Waals surface area contributed by atoms with Crippen molar-refractivity contribution in [2.75, 3.05) is 5.75 Å². The number of rotatable bonds is 8. The third-order valence-corrected chi connectivity index (χ3v) is 6.31. The van der Waals surface area contributed by atoms with Gasteiger partial charge in [-0.05, 0) is 57.9 Å². The molecule has 4 nitrogen and oxygen atoms in total. The Morgan fingerprint density at radius 2 is 1.77 bits per heavy atom. The molecule has 0 aliphatic rings. The van der Waals surface area contributed by atoms with Crippen molar-refractivity contribution in [3.8, 4) is 0 Å². The first kappa shape index (κ1) is 25.6. The largest absolute Gasteiger partial charge is 0.350 e. The van der Waals surface area contributed by atoms with Crippen molar-refractivity contribution >= 4 is 46.8 Å². The Hall–Kier alpha value is -1.69. The number of nitrogens with one attached hydrogen (secondary N) is 1. The standard InChI is InChI=1S/C24H30Cl2N2O2S/c1-16-7-6-8-19(11-16)14-31-15-22(29)28(17(2)23(30)27-24(3,4)5)13-18-9-10-20(25)21(26)12-18/h6-12,17H,13-15H2,1-5H3,(H,27,30)/t17-/m1/s1. The highest BCUT2D eigenvalue weighted by Gasteiger charge is 2.28. The average molecular weight is 481 g/mol. The lowest BCUT2D eigenvalue weighted by molar-refractivity contribution is -0.139. The summed E-state index contributed by atoms with van der Waals surface area (Å²) in [5.74, 6) is 0.726. The third-order valence-electron chi connectivity index (χ3n) is 4.58. The van der Waals surface area contributed by atoms with Crippen LogP contribution in [0.2, 0.25) is 10.0 Å². The van der Waals surface area contributed by atoms with E-state index in [2.05, 4.69) is 17.4 Å². The number of amides is 2. The van der Waals surface area contributed by atoms with Gasteiger partial charge in [-0.3, -0.25) is 9.59 Å². The molecule has 0 saturated carbocycles. The smallest absolute Gasteiger partial charge is 0.242 e. The van der Waals surface area contributed by atoms with Crippen molar-refractivity contribution in [2.45, 2.75) is 58.5 Å². The molecule has 0 bridgehead atoms. The van der Waals surface area contributed by atoms with E-state index in [0.29, 0.717) is 10.0 Å². The minimum Gasteiger partial charge on any atom is -0.350 e. The zero-order chi connectivity index (χ0) is 23.2. The number of carbonyl (C=O) groups is 2. The molecule has 168 valence electrons. The first-order valence-corrected chi connectivity index (χ1v) is 12.1. The minimum atomic E-state index is -0.624. The van der Waals surface area contributed by atoms with Crippen molar-refractivity contribution in [2.24, 2.45) is 0 Å². The quantitative estimate of drug-likeness (QED) is 0.513. The number of halogens is 2. The molecule has 0 aliphatic carbocycles. The highest BCUT2D eigenvalue weighted by molar-refractivity contribution is 7.99. The van der Waals surface area contributed by atoms with Gasteiger partial charge in [0.15, 0.2) is 0 Å². The van der Waals surface area contributed by atoms with E-state index in [1.165, 1.54) is 22.9 Å². The van der Waals surface area contributed by atoms with E-state index in [4.69, 9.17) is 23.2 Å². The lowest BCUT2D eigenvalue weighted by Crippen LogP contribution is -2.52. The van der Waals surface area contributed by atoms with Gasteiger partial charge in [0.05, 0.1) is 15.8 Å². The van der Waals surface area contributed by atoms with Crippen LogP contribution >= 0.6 is 35.0 Å². The van der Waals surface area contributed by atoms with E-state index >= 15 is 0 Å². The molecule has 31 heavy (non-hydrogen) atoms. The molecule has 2 rings (SSSR count). The van der Waals surface area contributed by atoms with Gasteiger partial charge in [0, 0.05) is 17.8 Å². The molecule has 2 amide bonds. The molecule has 0 aromatic heterocycles. The van der Waals surface area contributed by atoms with Crippen molar-refractivity contribution in [3.05, 3.63) is 69.2 Å². The van der Waals surface area contributed by atoms with E-state index in [9.17, 15) is 9.59 Å². The summed E-state index contributed by atoms with van der Waals surface area (Å²) in [4.78, 5) is 27.5. The highest BCUT2D eigenvalue weighted by atomic mass is 35.5. The molecule has 0 unspecified atom stereocenters. The van der Waals surface area contributed by atoms with Crippen LogP contribution in [0.25, 0.3) is 0 Å². The van der Waals surface area contributed by atoms with E-state index in [0.717, 1.165) is 11.3 Å². The van der Waals surface area contributed by atoms with Gasteiger partial charge in [0.2, 0.25) is 11.8 Å². The van der Waals surface area contributed by atoms with Gasteiger partial charge in [-0.15, -0.1) is 11.8 Å². The molecule has 7 heteroatoms. The molecule has 0 heterocycles. The lowest BCUT2D eigenvalue weighted by Gasteiger charge is -2.31. The summed E-state index contributed by atoms with van der Waals surface area (Å²) in [6.45, 7) is 9.83. The van der Waals surface area contributed by atoms with Crippen LogP contribution in [0.4, 0.5) is 0 Å². The summed E-state index contributed by atoms with van der Waals surface area (Å²) in [5.41, 5.74) is 2.80. The van der Waals surface area contributed by atoms with Gasteiger partial charge in [0.25, 0.3) is 0 Å². The van der Waals surface area contributed by atoms with Crippen LogP contribution in [0, 0.1) is 6.92 Å². The van der Waals surface area contributed by atoms with Gasteiger partial charge in [-0.2, -0.15) is 0 Å². The second-order valence-corrected chi connectivity index (χ2v) is 10.5. The van der Waals surface area contributed by atoms with Gasteiger partial charge in [-0.25, -0.2) is 0 Å². The SMILES string of the molecule is Cc1cccc(CSCC(=O)N(Cc2ccc(Cl)c(Cl)c2)[C@H](C)C(=O)NC(C)(C)C)c1. The van der Waals surface area contributed by atoms with Gasteiger partial charge in [-0.1, -0.05) is 59.1 Å². The van der Waals surface area contributed by atoms with E-state index < -0.39 is 6.04 Å². The highest BCUT2D eigenvalue weighted by Crippen LogP contribution is 2.24. The topological polar surface area (TPSA) is 49.4 Å². The van der Waals surface area contributed by atoms with Crippen LogP contribution in [0.15, 0.2) is 42.5 Å². The fraction of sp³-hybridized carbons (Fsp3) is 0.417. The molecule has 1 N–H and O–H groups in total. The van der Waals surface area contributed by atoms with Gasteiger partial charge in [0.1, 0.15) is 6.04 Å². The molecule has 0 aliphatic heterocycles. The summed E-state index contributed by atoms with van der Waals surface area (Å²) in [5, 5.41) is 3.84. The number of nitrogens with zero attached hydrogens (tertiary/aromatic N) is 1. The Morgan fingerprint density at radius 1 is 1.06 bits per heavy atom. The molecule has 2 aromatic carbocycles. The average Bonchev–Trinajstić information content (AvgIpc) is 2.67. The first-order chi connectivity index (χ1) is 14.5. The number of carbonyl (C=O) groups excluding carboxylic acids is 2. The Kier molecular flexibility index (Phi) is 9.28. The van der Waals surface area contributed by atoms with E-state index in [1.807, 2.05) is 45.9 Å². The van der Waals surface area contributed by atoms with Crippen molar-refractivity contribution in [1.82, 2.24) is 10.2 Å². The molecular formula is C24H30Cl2N2O2S. The number of benzene rings is 2. The number of thioether (sulfide) groups is 1. The normalized spacial score (nSPS) is 12.4. The molecule has 0 spiro atoms. The summed E-state index contributed by atoms with van der Waals surface area (Å²) in [7, 11) is 0. The first-order valence-electron chi connectivity index (χ1n) is 10.1. The number of hydrogen-bond acceptors (Lipinski definition) is 3. The van der Waals surface area contributed by atoms with Crippen LogP contribution < -0.4 is 5.32 Å². The summed E-state index contributed by atoms with van der Waals surface area (Å²) >= 11 is 13.7. The van der Waals surface area contributed by atoms with Crippen molar-refractivity contribution < 1.29 is 9.59 Å². The molecule has 1 atom stereocenters. The summed E-state index contributed by atoms with van der Waals surface area (Å²) in [6, 6.07) is 12.9. The van der Waals surface area contributed by atoms with E-state index in [-0.39, 0.29) is 29.7 Å². The van der Waals surface area contributed by atoms with E-state index in [1.54, 1.807) is 24.0 Å². The zero-order valence-electron chi connectivity index (χ0n) is 18.7. The summed E-state index contributed by atoms with van der Waals surface area (Å²) in [6.07, 6.45) is 0. The summed E-state index contributed by atoms with van der Waals surface area (Å²) < 4.78 is 0. The fourth-order valence-electron chi connectivity index (χ4n) is 3.03. The molecule has 0 fully saturated rings. The lowest BCUT2D eigenvalue weighted by atomic mass is 10.1.